The Bertz CT molecular complexity index is 883. The normalized spacial score (nSPS) is 10.6. The van der Waals surface area contributed by atoms with Gasteiger partial charge in [-0.15, -0.1) is 10.2 Å². The van der Waals surface area contributed by atoms with Gasteiger partial charge in [0.25, 0.3) is 0 Å². The molecular formula is C16H13BrFN5OS. The summed E-state index contributed by atoms with van der Waals surface area (Å²) in [7, 11) is 0. The lowest BCUT2D eigenvalue weighted by Gasteiger charge is -2.05. The number of nitrogen functional groups attached to an aromatic ring is 1. The smallest absolute Gasteiger partial charge is 0.234 e. The van der Waals surface area contributed by atoms with E-state index in [1.54, 1.807) is 24.3 Å². The topological polar surface area (TPSA) is 85.8 Å². The molecule has 0 spiro atoms. The van der Waals surface area contributed by atoms with E-state index in [1.165, 1.54) is 28.6 Å². The number of nitrogens with zero attached hydrogens (tertiary/aromatic N) is 3. The summed E-state index contributed by atoms with van der Waals surface area (Å²) in [5, 5.41) is 11.1. The van der Waals surface area contributed by atoms with Gasteiger partial charge in [0.1, 0.15) is 5.82 Å². The van der Waals surface area contributed by atoms with Crippen LogP contribution in [0, 0.1) is 5.82 Å². The van der Waals surface area contributed by atoms with Crippen molar-refractivity contribution < 1.29 is 9.18 Å². The fourth-order valence-corrected chi connectivity index (χ4v) is 2.95. The first-order valence-electron chi connectivity index (χ1n) is 7.17. The molecule has 0 aliphatic rings. The number of anilines is 1. The Hall–Kier alpha value is -2.39. The van der Waals surface area contributed by atoms with Crippen LogP contribution in [0.2, 0.25) is 0 Å². The summed E-state index contributed by atoms with van der Waals surface area (Å²) >= 11 is 4.50. The monoisotopic (exact) mass is 421 g/mol. The summed E-state index contributed by atoms with van der Waals surface area (Å²) in [6, 6.07) is 13.1. The van der Waals surface area contributed by atoms with Gasteiger partial charge >= 0.3 is 0 Å². The molecule has 6 nitrogen and oxygen atoms in total. The Morgan fingerprint density at radius 3 is 2.52 bits per heavy atom. The summed E-state index contributed by atoms with van der Waals surface area (Å²) in [6.07, 6.45) is 0. The second-order valence-corrected chi connectivity index (χ2v) is 6.88. The molecule has 0 saturated heterocycles. The molecule has 0 bridgehead atoms. The molecular weight excluding hydrogens is 409 g/mol. The molecule has 0 aliphatic heterocycles. The average Bonchev–Trinajstić information content (AvgIpc) is 2.97. The summed E-state index contributed by atoms with van der Waals surface area (Å²) in [5.74, 6) is 5.98. The predicted molar refractivity (Wildman–Crippen MR) is 99.1 cm³/mol. The van der Waals surface area contributed by atoms with Crippen LogP contribution < -0.4 is 11.2 Å². The fraction of sp³-hybridized carbons (Fsp3) is 0.0625. The maximum atomic E-state index is 13.0. The highest BCUT2D eigenvalue weighted by Crippen LogP contribution is 2.22. The third-order valence-corrected chi connectivity index (χ3v) is 4.70. The van der Waals surface area contributed by atoms with Crippen LogP contribution in [0.3, 0.4) is 0 Å². The molecule has 1 aromatic heterocycles. The van der Waals surface area contributed by atoms with Crippen molar-refractivity contribution in [1.29, 1.82) is 0 Å². The number of nitrogens with two attached hydrogens (primary N) is 1. The van der Waals surface area contributed by atoms with Gasteiger partial charge in [-0.1, -0.05) is 27.7 Å². The number of hydrogen-bond donors (Lipinski definition) is 2. The van der Waals surface area contributed by atoms with Crippen LogP contribution >= 0.6 is 27.7 Å². The number of benzene rings is 2. The van der Waals surface area contributed by atoms with Gasteiger partial charge in [0.15, 0.2) is 5.82 Å². The van der Waals surface area contributed by atoms with E-state index in [-0.39, 0.29) is 17.5 Å². The lowest BCUT2D eigenvalue weighted by molar-refractivity contribution is -0.113. The molecule has 3 rings (SSSR count). The van der Waals surface area contributed by atoms with Gasteiger partial charge < -0.3 is 11.2 Å². The van der Waals surface area contributed by atoms with Crippen molar-refractivity contribution in [2.24, 2.45) is 0 Å². The van der Waals surface area contributed by atoms with Crippen molar-refractivity contribution in [3.8, 4) is 11.4 Å². The Kier molecular flexibility index (Phi) is 5.34. The van der Waals surface area contributed by atoms with E-state index in [9.17, 15) is 9.18 Å². The number of rotatable bonds is 5. The van der Waals surface area contributed by atoms with Crippen LogP contribution in [-0.4, -0.2) is 26.5 Å². The first kappa shape index (κ1) is 17.4. The number of amides is 1. The molecule has 25 heavy (non-hydrogen) atoms. The van der Waals surface area contributed by atoms with E-state index in [0.717, 1.165) is 4.47 Å². The Balaban J connectivity index is 1.62. The van der Waals surface area contributed by atoms with Gasteiger partial charge in [0.05, 0.1) is 5.75 Å². The van der Waals surface area contributed by atoms with Gasteiger partial charge in [-0.2, -0.15) is 0 Å². The van der Waals surface area contributed by atoms with Crippen LogP contribution in [0.25, 0.3) is 11.4 Å². The average molecular weight is 422 g/mol. The molecule has 3 N–H and O–H groups in total. The van der Waals surface area contributed by atoms with Crippen molar-refractivity contribution in [2.45, 2.75) is 5.16 Å². The standard InChI is InChI=1S/C16H13BrFN5OS/c17-11-3-7-13(8-4-11)20-14(24)9-25-16-22-21-15(23(16)19)10-1-5-12(18)6-2-10/h1-8H,9,19H2,(H,20,24). The first-order valence-corrected chi connectivity index (χ1v) is 8.95. The predicted octanol–water partition coefficient (Wildman–Crippen LogP) is 3.29. The molecule has 9 heteroatoms. The second-order valence-electron chi connectivity index (χ2n) is 5.03. The maximum Gasteiger partial charge on any atom is 0.234 e. The van der Waals surface area contributed by atoms with Crippen molar-refractivity contribution in [3.05, 3.63) is 58.8 Å². The summed E-state index contributed by atoms with van der Waals surface area (Å²) in [4.78, 5) is 12.0. The lowest BCUT2D eigenvalue weighted by atomic mass is 10.2. The largest absolute Gasteiger partial charge is 0.335 e. The molecule has 3 aromatic rings. The third-order valence-electron chi connectivity index (χ3n) is 3.23. The first-order chi connectivity index (χ1) is 12.0. The fourth-order valence-electron chi connectivity index (χ4n) is 2.03. The molecule has 0 atom stereocenters. The van der Waals surface area contributed by atoms with Crippen LogP contribution in [0.15, 0.2) is 58.2 Å². The quantitative estimate of drug-likeness (QED) is 0.487. The van der Waals surface area contributed by atoms with Crippen LogP contribution in [0.4, 0.5) is 10.1 Å². The van der Waals surface area contributed by atoms with Crippen molar-refractivity contribution in [1.82, 2.24) is 14.9 Å². The van der Waals surface area contributed by atoms with Gasteiger partial charge in [-0.05, 0) is 48.5 Å². The molecule has 0 unspecified atom stereocenters. The summed E-state index contributed by atoms with van der Waals surface area (Å²) < 4.78 is 15.2. The summed E-state index contributed by atoms with van der Waals surface area (Å²) in [6.45, 7) is 0. The molecule has 0 aliphatic carbocycles. The molecule has 0 radical (unpaired) electrons. The van der Waals surface area contributed by atoms with Crippen LogP contribution in [-0.2, 0) is 4.79 Å². The minimum absolute atomic E-state index is 0.134. The number of hydrogen-bond acceptors (Lipinski definition) is 5. The Labute approximate surface area is 155 Å². The molecule has 1 heterocycles. The lowest BCUT2D eigenvalue weighted by Crippen LogP contribution is -2.16. The minimum atomic E-state index is -0.342. The third kappa shape index (κ3) is 4.37. The van der Waals surface area contributed by atoms with Crippen LogP contribution in [0.1, 0.15) is 0 Å². The highest BCUT2D eigenvalue weighted by Gasteiger charge is 2.14. The zero-order valence-electron chi connectivity index (χ0n) is 12.8. The van der Waals surface area contributed by atoms with E-state index in [1.807, 2.05) is 12.1 Å². The number of carbonyl (C=O) groups excluding carboxylic acids is 1. The van der Waals surface area contributed by atoms with E-state index in [4.69, 9.17) is 5.84 Å². The molecule has 0 saturated carbocycles. The van der Waals surface area contributed by atoms with Gasteiger partial charge in [-0.25, -0.2) is 9.07 Å². The van der Waals surface area contributed by atoms with Gasteiger partial charge in [-0.3, -0.25) is 4.79 Å². The zero-order chi connectivity index (χ0) is 17.8. The van der Waals surface area contributed by atoms with Gasteiger partial charge in [0.2, 0.25) is 11.1 Å². The number of aromatic nitrogens is 3. The van der Waals surface area contributed by atoms with Crippen molar-refractivity contribution in [3.63, 3.8) is 0 Å². The van der Waals surface area contributed by atoms with Crippen LogP contribution in [0.5, 0.6) is 0 Å². The molecule has 1 amide bonds. The number of carbonyl (C=O) groups is 1. The Morgan fingerprint density at radius 1 is 1.16 bits per heavy atom. The van der Waals surface area contributed by atoms with E-state index >= 15 is 0 Å². The molecule has 0 fully saturated rings. The number of halogens is 2. The molecule has 2 aromatic carbocycles. The number of nitrogens with one attached hydrogen (secondary N) is 1. The minimum Gasteiger partial charge on any atom is -0.335 e. The highest BCUT2D eigenvalue weighted by atomic mass is 79.9. The number of thioether (sulfide) groups is 1. The SMILES string of the molecule is Nn1c(SCC(=O)Nc2ccc(Br)cc2)nnc1-c1ccc(F)cc1. The van der Waals surface area contributed by atoms with Crippen molar-refractivity contribution in [2.75, 3.05) is 16.9 Å². The van der Waals surface area contributed by atoms with E-state index < -0.39 is 0 Å². The Morgan fingerprint density at radius 2 is 1.84 bits per heavy atom. The zero-order valence-corrected chi connectivity index (χ0v) is 15.2. The van der Waals surface area contributed by atoms with Crippen molar-refractivity contribution >= 4 is 39.3 Å². The molecule has 128 valence electrons. The summed E-state index contributed by atoms with van der Waals surface area (Å²) in [5.41, 5.74) is 1.34. The van der Waals surface area contributed by atoms with E-state index in [0.29, 0.717) is 22.2 Å². The second kappa shape index (κ2) is 7.66. The maximum absolute atomic E-state index is 13.0. The van der Waals surface area contributed by atoms with Gasteiger partial charge in [0, 0.05) is 15.7 Å². The highest BCUT2D eigenvalue weighted by molar-refractivity contribution is 9.10. The van der Waals surface area contributed by atoms with E-state index in [2.05, 4.69) is 31.4 Å².